The van der Waals surface area contributed by atoms with Crippen molar-refractivity contribution in [2.75, 3.05) is 11.5 Å². The number of thioether (sulfide) groups is 1. The maximum atomic E-state index is 5.78. The number of fused-ring (bicyclic) bond motifs is 1. The SMILES string of the molecule is Cc1c(N)ccc2c1SCC2. The van der Waals surface area contributed by atoms with Crippen LogP contribution in [0.4, 0.5) is 5.69 Å². The largest absolute Gasteiger partial charge is 0.398 e. The van der Waals surface area contributed by atoms with Crippen molar-refractivity contribution < 1.29 is 0 Å². The van der Waals surface area contributed by atoms with E-state index in [4.69, 9.17) is 5.73 Å². The fourth-order valence-electron chi connectivity index (χ4n) is 1.42. The summed E-state index contributed by atoms with van der Waals surface area (Å²) in [5.41, 5.74) is 9.45. The van der Waals surface area contributed by atoms with Crippen LogP contribution in [-0.4, -0.2) is 5.75 Å². The van der Waals surface area contributed by atoms with Crippen molar-refractivity contribution in [1.29, 1.82) is 0 Å². The van der Waals surface area contributed by atoms with Crippen LogP contribution in [0.15, 0.2) is 17.0 Å². The lowest BCUT2D eigenvalue weighted by molar-refractivity contribution is 1.13. The third kappa shape index (κ3) is 1.02. The predicted molar refractivity (Wildman–Crippen MR) is 50.0 cm³/mol. The third-order valence-corrected chi connectivity index (χ3v) is 3.41. The smallest absolute Gasteiger partial charge is 0.0355 e. The summed E-state index contributed by atoms with van der Waals surface area (Å²) < 4.78 is 0. The number of nitrogen functional groups attached to an aromatic ring is 1. The molecule has 0 unspecified atom stereocenters. The van der Waals surface area contributed by atoms with Crippen LogP contribution in [0.5, 0.6) is 0 Å². The molecule has 11 heavy (non-hydrogen) atoms. The van der Waals surface area contributed by atoms with E-state index in [-0.39, 0.29) is 0 Å². The Morgan fingerprint density at radius 1 is 1.45 bits per heavy atom. The normalized spacial score (nSPS) is 15.0. The minimum Gasteiger partial charge on any atom is -0.398 e. The summed E-state index contributed by atoms with van der Waals surface area (Å²) in [6, 6.07) is 4.16. The van der Waals surface area contributed by atoms with Gasteiger partial charge in [-0.3, -0.25) is 0 Å². The van der Waals surface area contributed by atoms with Crippen LogP contribution in [0.3, 0.4) is 0 Å². The number of rotatable bonds is 0. The highest BCUT2D eigenvalue weighted by atomic mass is 32.2. The molecule has 1 nitrogen and oxygen atoms in total. The van der Waals surface area contributed by atoms with Gasteiger partial charge in [-0.2, -0.15) is 0 Å². The molecule has 1 aromatic rings. The molecule has 1 aliphatic rings. The van der Waals surface area contributed by atoms with Gasteiger partial charge in [0.05, 0.1) is 0 Å². The Labute approximate surface area is 71.0 Å². The highest BCUT2D eigenvalue weighted by Gasteiger charge is 2.14. The molecule has 0 bridgehead atoms. The molecule has 0 radical (unpaired) electrons. The second-order valence-corrected chi connectivity index (χ2v) is 3.97. The minimum atomic E-state index is 0.929. The molecule has 0 aromatic heterocycles. The fourth-order valence-corrected chi connectivity index (χ4v) is 2.64. The summed E-state index contributed by atoms with van der Waals surface area (Å²) in [4.78, 5) is 1.42. The van der Waals surface area contributed by atoms with Gasteiger partial charge in [-0.25, -0.2) is 0 Å². The van der Waals surface area contributed by atoms with E-state index in [1.807, 2.05) is 17.8 Å². The Morgan fingerprint density at radius 2 is 2.27 bits per heavy atom. The number of hydrogen-bond donors (Lipinski definition) is 1. The van der Waals surface area contributed by atoms with E-state index in [1.165, 1.54) is 28.2 Å². The number of benzene rings is 1. The Balaban J connectivity index is 2.62. The molecule has 2 rings (SSSR count). The molecule has 2 heteroatoms. The highest BCUT2D eigenvalue weighted by molar-refractivity contribution is 7.99. The fraction of sp³-hybridized carbons (Fsp3) is 0.333. The number of nitrogens with two attached hydrogens (primary N) is 1. The van der Waals surface area contributed by atoms with Crippen LogP contribution < -0.4 is 5.73 Å². The summed E-state index contributed by atoms with van der Waals surface area (Å²) >= 11 is 1.93. The van der Waals surface area contributed by atoms with Crippen LogP contribution in [-0.2, 0) is 6.42 Å². The number of aryl methyl sites for hydroxylation is 1. The van der Waals surface area contributed by atoms with Gasteiger partial charge in [0.1, 0.15) is 0 Å². The van der Waals surface area contributed by atoms with Crippen molar-refractivity contribution >= 4 is 17.4 Å². The summed E-state index contributed by atoms with van der Waals surface area (Å²) in [6.07, 6.45) is 1.21. The Hall–Kier alpha value is -0.630. The Bertz CT molecular complexity index is 294. The van der Waals surface area contributed by atoms with Crippen molar-refractivity contribution in [2.24, 2.45) is 0 Å². The average Bonchev–Trinajstić information content (AvgIpc) is 2.45. The maximum Gasteiger partial charge on any atom is 0.0355 e. The van der Waals surface area contributed by atoms with Crippen molar-refractivity contribution in [3.8, 4) is 0 Å². The first-order chi connectivity index (χ1) is 5.29. The first-order valence-corrected chi connectivity index (χ1v) is 4.78. The summed E-state index contributed by atoms with van der Waals surface area (Å²) in [5.74, 6) is 1.22. The van der Waals surface area contributed by atoms with Crippen molar-refractivity contribution in [3.63, 3.8) is 0 Å². The predicted octanol–water partition coefficient (Wildman–Crippen LogP) is 2.23. The first kappa shape index (κ1) is 7.04. The molecule has 0 saturated carbocycles. The van der Waals surface area contributed by atoms with Gasteiger partial charge in [0.25, 0.3) is 0 Å². The zero-order valence-electron chi connectivity index (χ0n) is 6.55. The van der Waals surface area contributed by atoms with Crippen molar-refractivity contribution in [3.05, 3.63) is 23.3 Å². The molecule has 2 N–H and O–H groups in total. The average molecular weight is 165 g/mol. The molecule has 1 heterocycles. The maximum absolute atomic E-state index is 5.78. The van der Waals surface area contributed by atoms with E-state index < -0.39 is 0 Å². The molecule has 0 amide bonds. The van der Waals surface area contributed by atoms with E-state index in [2.05, 4.69) is 13.0 Å². The van der Waals surface area contributed by atoms with Gasteiger partial charge in [0.2, 0.25) is 0 Å². The number of anilines is 1. The Kier molecular flexibility index (Phi) is 1.57. The van der Waals surface area contributed by atoms with Crippen molar-refractivity contribution in [1.82, 2.24) is 0 Å². The zero-order chi connectivity index (χ0) is 7.84. The third-order valence-electron chi connectivity index (χ3n) is 2.15. The molecule has 0 aliphatic carbocycles. The van der Waals surface area contributed by atoms with Gasteiger partial charge in [0, 0.05) is 16.3 Å². The number of hydrogen-bond acceptors (Lipinski definition) is 2. The lowest BCUT2D eigenvalue weighted by Gasteiger charge is -2.04. The van der Waals surface area contributed by atoms with E-state index in [1.54, 1.807) is 0 Å². The van der Waals surface area contributed by atoms with E-state index in [0.717, 1.165) is 5.69 Å². The summed E-state index contributed by atoms with van der Waals surface area (Å²) in [5, 5.41) is 0. The van der Waals surface area contributed by atoms with Gasteiger partial charge >= 0.3 is 0 Å². The lowest BCUT2D eigenvalue weighted by atomic mass is 10.1. The van der Waals surface area contributed by atoms with Gasteiger partial charge in [-0.05, 0) is 30.5 Å². The second-order valence-electron chi connectivity index (χ2n) is 2.87. The van der Waals surface area contributed by atoms with E-state index >= 15 is 0 Å². The highest BCUT2D eigenvalue weighted by Crippen LogP contribution is 2.36. The molecule has 0 saturated heterocycles. The van der Waals surface area contributed by atoms with Gasteiger partial charge in [-0.1, -0.05) is 6.07 Å². The standard InChI is InChI=1S/C9H11NS/c1-6-8(10)3-2-7-4-5-11-9(6)7/h2-3H,4-5,10H2,1H3. The van der Waals surface area contributed by atoms with E-state index in [0.29, 0.717) is 0 Å². The minimum absolute atomic E-state index is 0.929. The van der Waals surface area contributed by atoms with Gasteiger partial charge < -0.3 is 5.73 Å². The lowest BCUT2D eigenvalue weighted by Crippen LogP contribution is -1.91. The Morgan fingerprint density at radius 3 is 3.09 bits per heavy atom. The van der Waals surface area contributed by atoms with Gasteiger partial charge in [0.15, 0.2) is 0 Å². The second kappa shape index (κ2) is 2.45. The van der Waals surface area contributed by atoms with Crippen molar-refractivity contribution in [2.45, 2.75) is 18.2 Å². The summed E-state index contributed by atoms with van der Waals surface area (Å²) in [6.45, 7) is 2.10. The monoisotopic (exact) mass is 165 g/mol. The summed E-state index contributed by atoms with van der Waals surface area (Å²) in [7, 11) is 0. The van der Waals surface area contributed by atoms with E-state index in [9.17, 15) is 0 Å². The molecular weight excluding hydrogens is 154 g/mol. The topological polar surface area (TPSA) is 26.0 Å². The quantitative estimate of drug-likeness (QED) is 0.596. The molecular formula is C9H11NS. The zero-order valence-corrected chi connectivity index (χ0v) is 7.37. The van der Waals surface area contributed by atoms with Crippen LogP contribution >= 0.6 is 11.8 Å². The van der Waals surface area contributed by atoms with Crippen LogP contribution in [0, 0.1) is 6.92 Å². The van der Waals surface area contributed by atoms with Crippen LogP contribution in [0.1, 0.15) is 11.1 Å². The van der Waals surface area contributed by atoms with Crippen LogP contribution in [0.2, 0.25) is 0 Å². The van der Waals surface area contributed by atoms with Gasteiger partial charge in [-0.15, -0.1) is 11.8 Å². The molecule has 0 fully saturated rings. The molecule has 1 aliphatic heterocycles. The molecule has 0 spiro atoms. The molecule has 1 aromatic carbocycles. The van der Waals surface area contributed by atoms with Crippen LogP contribution in [0.25, 0.3) is 0 Å². The molecule has 58 valence electrons. The first-order valence-electron chi connectivity index (χ1n) is 3.80. The molecule has 0 atom stereocenters.